The predicted octanol–water partition coefficient (Wildman–Crippen LogP) is 3.09. The van der Waals surface area contributed by atoms with Crippen LogP contribution in [0, 0.1) is 5.92 Å². The number of fused-ring (bicyclic) bond motifs is 3. The van der Waals surface area contributed by atoms with Crippen molar-refractivity contribution < 1.29 is 0 Å². The van der Waals surface area contributed by atoms with Crippen molar-refractivity contribution in [2.24, 2.45) is 13.0 Å². The molecule has 0 radical (unpaired) electrons. The maximum Gasteiger partial charge on any atom is 0.257 e. The largest absolute Gasteiger partial charge is 0.294 e. The molecule has 1 atom stereocenters. The molecule has 4 rings (SSSR count). The fourth-order valence-electron chi connectivity index (χ4n) is 5.06. The predicted molar refractivity (Wildman–Crippen MR) is 101 cm³/mol. The van der Waals surface area contributed by atoms with Gasteiger partial charge in [0.2, 0.25) is 0 Å². The third kappa shape index (κ3) is 2.64. The van der Waals surface area contributed by atoms with Gasteiger partial charge in [0.05, 0.1) is 6.20 Å². The van der Waals surface area contributed by atoms with Gasteiger partial charge in [-0.3, -0.25) is 19.4 Å². The maximum atomic E-state index is 13.6. The molecule has 5 heteroatoms. The second-order valence-electron chi connectivity index (χ2n) is 8.32. The van der Waals surface area contributed by atoms with Crippen LogP contribution in [0.25, 0.3) is 11.0 Å². The van der Waals surface area contributed by atoms with Crippen molar-refractivity contribution in [3.8, 4) is 0 Å². The summed E-state index contributed by atoms with van der Waals surface area (Å²) in [6, 6.07) is 0. The number of nitrogens with one attached hydrogen (secondary N) is 1. The van der Waals surface area contributed by atoms with Gasteiger partial charge in [0.1, 0.15) is 11.3 Å². The molecule has 2 aromatic rings. The average Bonchev–Trinajstić information content (AvgIpc) is 2.97. The number of rotatable bonds is 3. The van der Waals surface area contributed by atoms with Crippen molar-refractivity contribution in [2.75, 3.05) is 6.54 Å². The lowest BCUT2D eigenvalue weighted by Crippen LogP contribution is -2.56. The molecule has 1 fully saturated rings. The molecule has 0 saturated carbocycles. The van der Waals surface area contributed by atoms with E-state index in [9.17, 15) is 4.79 Å². The second-order valence-corrected chi connectivity index (χ2v) is 8.32. The monoisotopic (exact) mass is 342 g/mol. The molecule has 2 aromatic heterocycles. The molecule has 2 aliphatic rings. The molecule has 0 bridgehead atoms. The van der Waals surface area contributed by atoms with E-state index in [-0.39, 0.29) is 11.2 Å². The Balaban J connectivity index is 2.04. The average molecular weight is 342 g/mol. The first kappa shape index (κ1) is 16.8. The van der Waals surface area contributed by atoms with E-state index in [1.54, 1.807) is 0 Å². The highest BCUT2D eigenvalue weighted by molar-refractivity contribution is 5.81. The number of hydrogen-bond acceptors (Lipinski definition) is 3. The molecule has 5 nitrogen and oxygen atoms in total. The SMILES string of the molecule is CC(C)C[C@@]1(n2c(=O)c3c(c4cnn(C)c42)CCCC3)CCCCN1. The van der Waals surface area contributed by atoms with E-state index in [0.717, 1.165) is 49.9 Å². The lowest BCUT2D eigenvalue weighted by molar-refractivity contribution is 0.125. The molecule has 1 N–H and O–H groups in total. The van der Waals surface area contributed by atoms with E-state index in [1.165, 1.54) is 30.2 Å². The lowest BCUT2D eigenvalue weighted by Gasteiger charge is -2.42. The van der Waals surface area contributed by atoms with Crippen LogP contribution in [0.15, 0.2) is 11.0 Å². The molecule has 3 heterocycles. The van der Waals surface area contributed by atoms with E-state index in [1.807, 2.05) is 17.9 Å². The number of hydrogen-bond donors (Lipinski definition) is 1. The summed E-state index contributed by atoms with van der Waals surface area (Å²) in [6.07, 6.45) is 10.6. The van der Waals surface area contributed by atoms with Gasteiger partial charge in [-0.05, 0) is 69.4 Å². The molecule has 1 saturated heterocycles. The van der Waals surface area contributed by atoms with E-state index in [2.05, 4.69) is 28.8 Å². The Morgan fingerprint density at radius 3 is 2.64 bits per heavy atom. The number of aromatic nitrogens is 3. The van der Waals surface area contributed by atoms with Crippen molar-refractivity contribution >= 4 is 11.0 Å². The topological polar surface area (TPSA) is 51.9 Å². The van der Waals surface area contributed by atoms with Crippen LogP contribution in [0.1, 0.15) is 63.5 Å². The Bertz CT molecular complexity index is 839. The standard InChI is InChI=1S/C20H30N4O/c1-14(2)12-20(10-6-7-11-21-20)24-18-17(13-22-23(18)3)15-8-4-5-9-16(15)19(24)25/h13-14,21H,4-12H2,1-3H3/t20-/m0/s1. The summed E-state index contributed by atoms with van der Waals surface area (Å²) in [5.74, 6) is 0.525. The Morgan fingerprint density at radius 2 is 1.96 bits per heavy atom. The zero-order valence-electron chi connectivity index (χ0n) is 15.8. The van der Waals surface area contributed by atoms with Gasteiger partial charge < -0.3 is 0 Å². The summed E-state index contributed by atoms with van der Waals surface area (Å²) >= 11 is 0. The Hall–Kier alpha value is -1.62. The maximum absolute atomic E-state index is 13.6. The van der Waals surface area contributed by atoms with E-state index < -0.39 is 0 Å². The molecule has 0 spiro atoms. The van der Waals surface area contributed by atoms with Crippen LogP contribution in [0.3, 0.4) is 0 Å². The minimum absolute atomic E-state index is 0.223. The molecule has 1 aliphatic heterocycles. The van der Waals surface area contributed by atoms with Crippen LogP contribution in [-0.2, 0) is 25.6 Å². The zero-order valence-corrected chi connectivity index (χ0v) is 15.8. The summed E-state index contributed by atoms with van der Waals surface area (Å²) < 4.78 is 4.00. The molecule has 0 unspecified atom stereocenters. The lowest BCUT2D eigenvalue weighted by atomic mass is 9.86. The first-order chi connectivity index (χ1) is 12.0. The van der Waals surface area contributed by atoms with Gasteiger partial charge in [-0.15, -0.1) is 0 Å². The second kappa shape index (κ2) is 6.27. The molecular weight excluding hydrogens is 312 g/mol. The van der Waals surface area contributed by atoms with Gasteiger partial charge in [0.25, 0.3) is 5.56 Å². The Labute approximate surface area is 149 Å². The summed E-state index contributed by atoms with van der Waals surface area (Å²) in [4.78, 5) is 13.6. The van der Waals surface area contributed by atoms with Gasteiger partial charge in [0.15, 0.2) is 0 Å². The van der Waals surface area contributed by atoms with Gasteiger partial charge in [0, 0.05) is 18.0 Å². The number of aryl methyl sites for hydroxylation is 2. The van der Waals surface area contributed by atoms with Crippen LogP contribution in [0.2, 0.25) is 0 Å². The highest BCUT2D eigenvalue weighted by Crippen LogP contribution is 2.35. The summed E-state index contributed by atoms with van der Waals surface area (Å²) in [5, 5.41) is 9.49. The van der Waals surface area contributed by atoms with Crippen LogP contribution in [0.4, 0.5) is 0 Å². The van der Waals surface area contributed by atoms with E-state index >= 15 is 0 Å². The van der Waals surface area contributed by atoms with Crippen molar-refractivity contribution in [3.63, 3.8) is 0 Å². The van der Waals surface area contributed by atoms with Crippen LogP contribution in [0.5, 0.6) is 0 Å². The van der Waals surface area contributed by atoms with Crippen LogP contribution < -0.4 is 10.9 Å². The fourth-order valence-corrected chi connectivity index (χ4v) is 5.06. The number of pyridine rings is 1. The molecule has 0 amide bonds. The highest BCUT2D eigenvalue weighted by Gasteiger charge is 2.38. The minimum Gasteiger partial charge on any atom is -0.294 e. The van der Waals surface area contributed by atoms with Crippen molar-refractivity contribution in [1.82, 2.24) is 19.7 Å². The van der Waals surface area contributed by atoms with Crippen LogP contribution >= 0.6 is 0 Å². The van der Waals surface area contributed by atoms with Gasteiger partial charge in [-0.2, -0.15) is 5.10 Å². The normalized spacial score (nSPS) is 24.0. The number of piperidine rings is 1. The third-order valence-corrected chi connectivity index (χ3v) is 6.02. The molecule has 1 aliphatic carbocycles. The van der Waals surface area contributed by atoms with Gasteiger partial charge >= 0.3 is 0 Å². The molecule has 0 aromatic carbocycles. The van der Waals surface area contributed by atoms with E-state index in [4.69, 9.17) is 0 Å². The van der Waals surface area contributed by atoms with E-state index in [0.29, 0.717) is 5.92 Å². The molecular formula is C20H30N4O. The third-order valence-electron chi connectivity index (χ3n) is 6.02. The van der Waals surface area contributed by atoms with Crippen LogP contribution in [-0.4, -0.2) is 20.9 Å². The van der Waals surface area contributed by atoms with Gasteiger partial charge in [-0.25, -0.2) is 0 Å². The fraction of sp³-hybridized carbons (Fsp3) is 0.700. The van der Waals surface area contributed by atoms with Gasteiger partial charge in [-0.1, -0.05) is 13.8 Å². The zero-order chi connectivity index (χ0) is 17.6. The Morgan fingerprint density at radius 1 is 1.20 bits per heavy atom. The first-order valence-corrected chi connectivity index (χ1v) is 9.87. The summed E-state index contributed by atoms with van der Waals surface area (Å²) in [7, 11) is 1.97. The molecule has 25 heavy (non-hydrogen) atoms. The quantitative estimate of drug-likeness (QED) is 0.932. The minimum atomic E-state index is -0.276. The Kier molecular flexibility index (Phi) is 4.22. The highest BCUT2D eigenvalue weighted by atomic mass is 16.1. The van der Waals surface area contributed by atoms with Crippen molar-refractivity contribution in [1.29, 1.82) is 0 Å². The first-order valence-electron chi connectivity index (χ1n) is 9.87. The molecule has 136 valence electrons. The van der Waals surface area contributed by atoms with Crippen molar-refractivity contribution in [2.45, 2.75) is 70.9 Å². The van der Waals surface area contributed by atoms with Crippen molar-refractivity contribution in [3.05, 3.63) is 27.7 Å². The summed E-state index contributed by atoms with van der Waals surface area (Å²) in [5.41, 5.74) is 3.25. The number of nitrogens with zero attached hydrogens (tertiary/aromatic N) is 3. The summed E-state index contributed by atoms with van der Waals surface area (Å²) in [6.45, 7) is 5.49. The smallest absolute Gasteiger partial charge is 0.257 e.